The van der Waals surface area contributed by atoms with Gasteiger partial charge in [0.05, 0.1) is 18.2 Å². The molecule has 1 fully saturated rings. The Labute approximate surface area is 166 Å². The number of carbonyl (C=O) groups is 3. The van der Waals surface area contributed by atoms with Crippen LogP contribution < -0.4 is 10.1 Å². The molecule has 2 aromatic rings. The summed E-state index contributed by atoms with van der Waals surface area (Å²) in [7, 11) is 0. The lowest BCUT2D eigenvalue weighted by Crippen LogP contribution is -2.47. The van der Waals surface area contributed by atoms with Crippen LogP contribution in [0.2, 0.25) is 0 Å². The minimum Gasteiger partial charge on any atom is -0.493 e. The number of nitrogens with one attached hydrogen (secondary N) is 1. The van der Waals surface area contributed by atoms with Gasteiger partial charge in [0.15, 0.2) is 5.54 Å². The zero-order valence-electron chi connectivity index (χ0n) is 15.4. The Bertz CT molecular complexity index is 1040. The van der Waals surface area contributed by atoms with Gasteiger partial charge in [0, 0.05) is 12.0 Å². The minimum absolute atomic E-state index is 0.0557. The second-order valence-corrected chi connectivity index (χ2v) is 6.79. The summed E-state index contributed by atoms with van der Waals surface area (Å²) in [5.41, 5.74) is 0.443. The molecule has 0 aliphatic carbocycles. The summed E-state index contributed by atoms with van der Waals surface area (Å²) in [5, 5.41) is 11.7. The highest BCUT2D eigenvalue weighted by Crippen LogP contribution is 2.40. The monoisotopic (exact) mass is 391 g/mol. The number of benzene rings is 2. The minimum atomic E-state index is -1.23. The molecule has 1 N–H and O–H groups in total. The number of urea groups is 1. The fourth-order valence-corrected chi connectivity index (χ4v) is 3.58. The maximum Gasteiger partial charge on any atom is 0.326 e. The largest absolute Gasteiger partial charge is 0.493 e. The smallest absolute Gasteiger partial charge is 0.326 e. The van der Waals surface area contributed by atoms with E-state index in [1.165, 1.54) is 0 Å². The number of rotatable bonds is 4. The highest BCUT2D eigenvalue weighted by Gasteiger charge is 2.55. The molecule has 4 rings (SSSR count). The first-order chi connectivity index (χ1) is 14.0. The van der Waals surface area contributed by atoms with Gasteiger partial charge in [-0.15, -0.1) is 0 Å². The maximum atomic E-state index is 13.1. The third kappa shape index (κ3) is 3.27. The Morgan fingerprint density at radius 2 is 2.07 bits per heavy atom. The molecule has 1 atom stereocenters. The zero-order valence-corrected chi connectivity index (χ0v) is 15.4. The molecular formula is C21H17N3O5. The lowest BCUT2D eigenvalue weighted by Gasteiger charge is -2.33. The van der Waals surface area contributed by atoms with Crippen molar-refractivity contribution in [3.05, 3.63) is 65.2 Å². The van der Waals surface area contributed by atoms with Crippen LogP contribution in [0.25, 0.3) is 0 Å². The Hall–Kier alpha value is -3.86. The van der Waals surface area contributed by atoms with Crippen molar-refractivity contribution in [1.29, 1.82) is 5.26 Å². The van der Waals surface area contributed by atoms with Crippen molar-refractivity contribution in [3.8, 4) is 11.8 Å². The summed E-state index contributed by atoms with van der Waals surface area (Å²) < 4.78 is 10.8. The normalized spacial score (nSPS) is 19.9. The standard InChI is InChI=1S/C21H17N3O5/c22-11-14-4-3-5-15(10-14)13-29-18(25)12-24-19(26)21(23-20(24)27)8-9-28-17-7-2-1-6-16(17)21/h1-7,10H,8-9,12-13H2,(H,23,27)/t21-/m1/s1. The number of nitrogens with zero attached hydrogens (tertiary/aromatic N) is 2. The van der Waals surface area contributed by atoms with Gasteiger partial charge in [0.25, 0.3) is 5.91 Å². The number of nitriles is 1. The second-order valence-electron chi connectivity index (χ2n) is 6.79. The number of carbonyl (C=O) groups excluding carboxylic acids is 3. The molecule has 2 aliphatic heterocycles. The van der Waals surface area contributed by atoms with Crippen LogP contribution in [0.1, 0.15) is 23.1 Å². The van der Waals surface area contributed by atoms with Gasteiger partial charge in [-0.2, -0.15) is 5.26 Å². The number of amides is 3. The first kappa shape index (κ1) is 18.5. The van der Waals surface area contributed by atoms with E-state index in [1.807, 2.05) is 6.07 Å². The van der Waals surface area contributed by atoms with Crippen LogP contribution in [0.3, 0.4) is 0 Å². The quantitative estimate of drug-likeness (QED) is 0.629. The molecule has 0 saturated carbocycles. The van der Waals surface area contributed by atoms with Crippen molar-refractivity contribution < 1.29 is 23.9 Å². The van der Waals surface area contributed by atoms with Crippen molar-refractivity contribution >= 4 is 17.9 Å². The number of ether oxygens (including phenoxy) is 2. The number of hydrogen-bond acceptors (Lipinski definition) is 6. The molecule has 8 nitrogen and oxygen atoms in total. The summed E-state index contributed by atoms with van der Waals surface area (Å²) in [4.78, 5) is 38.7. The Morgan fingerprint density at radius 3 is 2.90 bits per heavy atom. The Balaban J connectivity index is 1.46. The summed E-state index contributed by atoms with van der Waals surface area (Å²) in [5.74, 6) is -0.677. The van der Waals surface area contributed by atoms with Gasteiger partial charge >= 0.3 is 12.0 Å². The summed E-state index contributed by atoms with van der Waals surface area (Å²) in [6.07, 6.45) is 0.279. The van der Waals surface area contributed by atoms with Gasteiger partial charge in [-0.25, -0.2) is 4.79 Å². The number of fused-ring (bicyclic) bond motifs is 2. The van der Waals surface area contributed by atoms with E-state index in [0.717, 1.165) is 4.90 Å². The van der Waals surface area contributed by atoms with Crippen LogP contribution >= 0.6 is 0 Å². The Kier molecular flexibility index (Phi) is 4.64. The molecule has 0 radical (unpaired) electrons. The Morgan fingerprint density at radius 1 is 1.24 bits per heavy atom. The predicted octanol–water partition coefficient (Wildman–Crippen LogP) is 1.83. The molecule has 0 bridgehead atoms. The lowest BCUT2D eigenvalue weighted by molar-refractivity contribution is -0.149. The lowest BCUT2D eigenvalue weighted by atomic mass is 9.84. The number of esters is 1. The van der Waals surface area contributed by atoms with Crippen molar-refractivity contribution in [2.45, 2.75) is 18.6 Å². The number of hydrogen-bond donors (Lipinski definition) is 1. The molecule has 1 spiro atoms. The first-order valence-electron chi connectivity index (χ1n) is 9.04. The fraction of sp³-hybridized carbons (Fsp3) is 0.238. The molecule has 8 heteroatoms. The van der Waals surface area contributed by atoms with E-state index in [2.05, 4.69) is 5.32 Å². The van der Waals surface area contributed by atoms with E-state index < -0.39 is 30.0 Å². The van der Waals surface area contributed by atoms with E-state index >= 15 is 0 Å². The SMILES string of the molecule is N#Cc1cccc(COC(=O)CN2C(=O)N[C@@]3(CCOc4ccccc43)C2=O)c1. The van der Waals surface area contributed by atoms with Crippen LogP contribution in [0, 0.1) is 11.3 Å². The topological polar surface area (TPSA) is 109 Å². The van der Waals surface area contributed by atoms with Crippen LogP contribution in [0.5, 0.6) is 5.75 Å². The molecule has 1 saturated heterocycles. The highest BCUT2D eigenvalue weighted by molar-refractivity contribution is 6.09. The first-order valence-corrected chi connectivity index (χ1v) is 9.04. The molecule has 2 heterocycles. The molecule has 2 aromatic carbocycles. The van der Waals surface area contributed by atoms with Gasteiger partial charge in [0.2, 0.25) is 0 Å². The zero-order chi connectivity index (χ0) is 20.4. The van der Waals surface area contributed by atoms with Crippen LogP contribution in [0.4, 0.5) is 4.79 Å². The van der Waals surface area contributed by atoms with E-state index in [4.69, 9.17) is 14.7 Å². The highest BCUT2D eigenvalue weighted by atomic mass is 16.5. The molecule has 3 amide bonds. The summed E-state index contributed by atoms with van der Waals surface area (Å²) in [6.45, 7) is -0.274. The van der Waals surface area contributed by atoms with Gasteiger partial charge < -0.3 is 14.8 Å². The van der Waals surface area contributed by atoms with Crippen molar-refractivity contribution in [2.24, 2.45) is 0 Å². The number of para-hydroxylation sites is 1. The van der Waals surface area contributed by atoms with Crippen molar-refractivity contribution in [2.75, 3.05) is 13.2 Å². The summed E-state index contributed by atoms with van der Waals surface area (Å²) in [6, 6.07) is 15.0. The summed E-state index contributed by atoms with van der Waals surface area (Å²) >= 11 is 0. The van der Waals surface area contributed by atoms with Gasteiger partial charge in [0.1, 0.15) is 18.9 Å². The van der Waals surface area contributed by atoms with Crippen molar-refractivity contribution in [1.82, 2.24) is 10.2 Å². The van der Waals surface area contributed by atoms with Gasteiger partial charge in [-0.3, -0.25) is 14.5 Å². The van der Waals surface area contributed by atoms with Gasteiger partial charge in [-0.1, -0.05) is 30.3 Å². The maximum absolute atomic E-state index is 13.1. The molecule has 0 aromatic heterocycles. The average molecular weight is 391 g/mol. The van der Waals surface area contributed by atoms with Crippen LogP contribution in [0.15, 0.2) is 48.5 Å². The predicted molar refractivity (Wildman–Crippen MR) is 99.4 cm³/mol. The fourth-order valence-electron chi connectivity index (χ4n) is 3.58. The third-order valence-electron chi connectivity index (χ3n) is 5.00. The van der Waals surface area contributed by atoms with E-state index in [-0.39, 0.29) is 19.6 Å². The molecule has 29 heavy (non-hydrogen) atoms. The van der Waals surface area contributed by atoms with Crippen molar-refractivity contribution in [3.63, 3.8) is 0 Å². The molecule has 146 valence electrons. The van der Waals surface area contributed by atoms with Gasteiger partial charge in [-0.05, 0) is 23.8 Å². The van der Waals surface area contributed by atoms with E-state index in [9.17, 15) is 14.4 Å². The van der Waals surface area contributed by atoms with Crippen LogP contribution in [-0.4, -0.2) is 36.0 Å². The van der Waals surface area contributed by atoms with Crippen LogP contribution in [-0.2, 0) is 26.5 Å². The molecule has 2 aliphatic rings. The van der Waals surface area contributed by atoms with E-state index in [0.29, 0.717) is 22.4 Å². The molecular weight excluding hydrogens is 374 g/mol. The molecule has 0 unspecified atom stereocenters. The van der Waals surface area contributed by atoms with E-state index in [1.54, 1.807) is 48.5 Å². The average Bonchev–Trinajstić information content (AvgIpc) is 2.97. The number of imide groups is 1. The third-order valence-corrected chi connectivity index (χ3v) is 5.00. The second kappa shape index (κ2) is 7.28.